The minimum atomic E-state index is 0.0386. The highest BCUT2D eigenvalue weighted by molar-refractivity contribution is 5.35. The van der Waals surface area contributed by atoms with Gasteiger partial charge in [-0.2, -0.15) is 0 Å². The molecule has 1 aliphatic heterocycles. The topological polar surface area (TPSA) is 21.3 Å². The van der Waals surface area contributed by atoms with Crippen molar-refractivity contribution in [2.24, 2.45) is 0 Å². The number of ether oxygens (including phenoxy) is 1. The van der Waals surface area contributed by atoms with Crippen LogP contribution in [0, 0.1) is 13.8 Å². The molecule has 1 heterocycles. The lowest BCUT2D eigenvalue weighted by atomic mass is 9.85. The van der Waals surface area contributed by atoms with Crippen molar-refractivity contribution in [2.45, 2.75) is 25.9 Å². The van der Waals surface area contributed by atoms with Gasteiger partial charge in [-0.05, 0) is 30.5 Å². The van der Waals surface area contributed by atoms with Gasteiger partial charge in [0.15, 0.2) is 0 Å². The van der Waals surface area contributed by atoms with Crippen LogP contribution in [0.3, 0.4) is 0 Å². The number of rotatable bonds is 3. The second-order valence-electron chi connectivity index (χ2n) is 4.54. The van der Waals surface area contributed by atoms with Crippen LogP contribution in [0.25, 0.3) is 0 Å². The summed E-state index contributed by atoms with van der Waals surface area (Å²) in [6.45, 7) is 6.30. The third-order valence-corrected chi connectivity index (χ3v) is 3.47. The Kier molecular flexibility index (Phi) is 2.81. The van der Waals surface area contributed by atoms with Crippen molar-refractivity contribution in [1.29, 1.82) is 0 Å². The van der Waals surface area contributed by atoms with E-state index in [0.717, 1.165) is 19.5 Å². The van der Waals surface area contributed by atoms with Gasteiger partial charge in [0.1, 0.15) is 0 Å². The maximum atomic E-state index is 5.63. The second-order valence-corrected chi connectivity index (χ2v) is 4.54. The molecule has 2 heteroatoms. The molecule has 15 heavy (non-hydrogen) atoms. The van der Waals surface area contributed by atoms with E-state index in [1.54, 1.807) is 0 Å². The van der Waals surface area contributed by atoms with Crippen LogP contribution >= 0.6 is 0 Å². The first-order valence-corrected chi connectivity index (χ1v) is 5.48. The van der Waals surface area contributed by atoms with Gasteiger partial charge in [0.05, 0.1) is 5.60 Å². The molecule has 0 bridgehead atoms. The molecule has 0 aromatic heterocycles. The third-order valence-electron chi connectivity index (χ3n) is 3.47. The molecule has 1 fully saturated rings. The van der Waals surface area contributed by atoms with Crippen LogP contribution in [0.4, 0.5) is 0 Å². The number of hydrogen-bond acceptors (Lipinski definition) is 2. The molecule has 2 rings (SSSR count). The van der Waals surface area contributed by atoms with Crippen molar-refractivity contribution in [3.8, 4) is 0 Å². The summed E-state index contributed by atoms with van der Waals surface area (Å²) in [6.07, 6.45) is 1.02. The maximum Gasteiger partial charge on any atom is 0.0966 e. The van der Waals surface area contributed by atoms with E-state index in [2.05, 4.69) is 37.4 Å². The summed E-state index contributed by atoms with van der Waals surface area (Å²) in [7, 11) is 1.81. The normalized spacial score (nSPS) is 18.6. The lowest BCUT2D eigenvalue weighted by Gasteiger charge is -2.42. The number of nitrogens with one attached hydrogen (secondary N) is 1. The summed E-state index contributed by atoms with van der Waals surface area (Å²) in [5.74, 6) is 0. The molecule has 1 aromatic carbocycles. The monoisotopic (exact) mass is 205 g/mol. The molecule has 0 atom stereocenters. The fraction of sp³-hybridized carbons (Fsp3) is 0.538. The Morgan fingerprint density at radius 1 is 1.27 bits per heavy atom. The predicted molar refractivity (Wildman–Crippen MR) is 62.2 cm³/mol. The Balaban J connectivity index is 2.23. The predicted octanol–water partition coefficient (Wildman–Crippen LogP) is 1.83. The highest BCUT2D eigenvalue weighted by Crippen LogP contribution is 2.25. The highest BCUT2D eigenvalue weighted by Gasteiger charge is 2.37. The summed E-state index contributed by atoms with van der Waals surface area (Å²) in [4.78, 5) is 0. The Morgan fingerprint density at radius 2 is 1.87 bits per heavy atom. The van der Waals surface area contributed by atoms with Gasteiger partial charge in [-0.25, -0.2) is 0 Å². The second kappa shape index (κ2) is 3.95. The molecule has 0 spiro atoms. The molecule has 0 unspecified atom stereocenters. The summed E-state index contributed by atoms with van der Waals surface area (Å²) >= 11 is 0. The van der Waals surface area contributed by atoms with E-state index in [0.29, 0.717) is 0 Å². The van der Waals surface area contributed by atoms with E-state index in [1.807, 2.05) is 7.11 Å². The van der Waals surface area contributed by atoms with Gasteiger partial charge in [0, 0.05) is 26.6 Å². The van der Waals surface area contributed by atoms with Gasteiger partial charge in [-0.15, -0.1) is 0 Å². The van der Waals surface area contributed by atoms with Gasteiger partial charge >= 0.3 is 0 Å². The fourth-order valence-corrected chi connectivity index (χ4v) is 2.20. The molecular weight excluding hydrogens is 186 g/mol. The Morgan fingerprint density at radius 3 is 2.27 bits per heavy atom. The Bertz CT molecular complexity index is 330. The van der Waals surface area contributed by atoms with Gasteiger partial charge in [-0.3, -0.25) is 0 Å². The van der Waals surface area contributed by atoms with E-state index in [1.165, 1.54) is 16.7 Å². The lowest BCUT2D eigenvalue weighted by Crippen LogP contribution is -2.62. The standard InChI is InChI=1S/C13H19NO/c1-10-5-4-6-11(2)12(10)7-13(15-3)8-14-9-13/h4-6,14H,7-9H2,1-3H3. The molecule has 0 saturated carbocycles. The number of benzene rings is 1. The van der Waals surface area contributed by atoms with Crippen molar-refractivity contribution in [3.05, 3.63) is 34.9 Å². The smallest absolute Gasteiger partial charge is 0.0966 e. The number of methoxy groups -OCH3 is 1. The Labute approximate surface area is 91.6 Å². The molecular formula is C13H19NO. The van der Waals surface area contributed by atoms with E-state index >= 15 is 0 Å². The first kappa shape index (κ1) is 10.7. The molecule has 1 aromatic rings. The molecule has 2 nitrogen and oxygen atoms in total. The minimum absolute atomic E-state index is 0.0386. The zero-order valence-electron chi connectivity index (χ0n) is 9.76. The average Bonchev–Trinajstić information content (AvgIpc) is 2.15. The van der Waals surface area contributed by atoms with Crippen LogP contribution in [0.5, 0.6) is 0 Å². The fourth-order valence-electron chi connectivity index (χ4n) is 2.20. The van der Waals surface area contributed by atoms with Crippen molar-refractivity contribution < 1.29 is 4.74 Å². The van der Waals surface area contributed by atoms with Gasteiger partial charge in [-0.1, -0.05) is 18.2 Å². The zero-order valence-corrected chi connectivity index (χ0v) is 9.76. The minimum Gasteiger partial charge on any atom is -0.375 e. The van der Waals surface area contributed by atoms with Crippen molar-refractivity contribution in [1.82, 2.24) is 5.32 Å². The third kappa shape index (κ3) is 1.92. The lowest BCUT2D eigenvalue weighted by molar-refractivity contribution is -0.0504. The quantitative estimate of drug-likeness (QED) is 0.813. The van der Waals surface area contributed by atoms with Gasteiger partial charge in [0.25, 0.3) is 0 Å². The summed E-state index contributed by atoms with van der Waals surface area (Å²) in [5, 5.41) is 3.29. The first-order chi connectivity index (χ1) is 7.17. The Hall–Kier alpha value is -0.860. The van der Waals surface area contributed by atoms with Gasteiger partial charge in [0.2, 0.25) is 0 Å². The molecule has 1 aliphatic rings. The summed E-state index contributed by atoms with van der Waals surface area (Å²) in [5.41, 5.74) is 4.23. The first-order valence-electron chi connectivity index (χ1n) is 5.48. The van der Waals surface area contributed by atoms with Crippen molar-refractivity contribution in [3.63, 3.8) is 0 Å². The van der Waals surface area contributed by atoms with Crippen LogP contribution in [0.1, 0.15) is 16.7 Å². The molecule has 0 amide bonds. The maximum absolute atomic E-state index is 5.63. The summed E-state index contributed by atoms with van der Waals surface area (Å²) in [6, 6.07) is 6.47. The number of aryl methyl sites for hydroxylation is 2. The van der Waals surface area contributed by atoms with Gasteiger partial charge < -0.3 is 10.1 Å². The van der Waals surface area contributed by atoms with Crippen molar-refractivity contribution >= 4 is 0 Å². The molecule has 1 saturated heterocycles. The van der Waals surface area contributed by atoms with Crippen LogP contribution in [0.15, 0.2) is 18.2 Å². The zero-order chi connectivity index (χ0) is 10.9. The van der Waals surface area contributed by atoms with Crippen LogP contribution in [-0.4, -0.2) is 25.8 Å². The van der Waals surface area contributed by atoms with E-state index in [9.17, 15) is 0 Å². The van der Waals surface area contributed by atoms with E-state index in [4.69, 9.17) is 4.74 Å². The molecule has 0 radical (unpaired) electrons. The molecule has 1 N–H and O–H groups in total. The highest BCUT2D eigenvalue weighted by atomic mass is 16.5. The van der Waals surface area contributed by atoms with E-state index in [-0.39, 0.29) is 5.60 Å². The average molecular weight is 205 g/mol. The SMILES string of the molecule is COC1(Cc2c(C)cccc2C)CNC1. The number of hydrogen-bond donors (Lipinski definition) is 1. The van der Waals surface area contributed by atoms with Crippen LogP contribution < -0.4 is 5.32 Å². The largest absolute Gasteiger partial charge is 0.375 e. The van der Waals surface area contributed by atoms with Crippen LogP contribution in [-0.2, 0) is 11.2 Å². The van der Waals surface area contributed by atoms with Crippen LogP contribution in [0.2, 0.25) is 0 Å². The summed E-state index contributed by atoms with van der Waals surface area (Å²) < 4.78 is 5.63. The van der Waals surface area contributed by atoms with E-state index < -0.39 is 0 Å². The van der Waals surface area contributed by atoms with Crippen molar-refractivity contribution in [2.75, 3.05) is 20.2 Å². The molecule has 0 aliphatic carbocycles. The molecule has 82 valence electrons.